The van der Waals surface area contributed by atoms with Crippen LogP contribution in [0.2, 0.25) is 0 Å². The molecule has 0 bridgehead atoms. The molecule has 0 unspecified atom stereocenters. The summed E-state index contributed by atoms with van der Waals surface area (Å²) in [6.07, 6.45) is 1.08. The quantitative estimate of drug-likeness (QED) is 0.749. The maximum absolute atomic E-state index is 10.8. The molecule has 76 valence electrons. The van der Waals surface area contributed by atoms with Crippen molar-refractivity contribution in [3.05, 3.63) is 17.0 Å². The fourth-order valence-corrected chi connectivity index (χ4v) is 1.86. The lowest BCUT2D eigenvalue weighted by atomic mass is 10.2. The van der Waals surface area contributed by atoms with E-state index < -0.39 is 5.97 Å². The van der Waals surface area contributed by atoms with Crippen LogP contribution in [0.5, 0.6) is 0 Å². The fraction of sp³-hybridized carbons (Fsp3) is 0.556. The smallest absolute Gasteiger partial charge is 0.356 e. The van der Waals surface area contributed by atoms with E-state index in [0.29, 0.717) is 6.54 Å². The molecule has 0 fully saturated rings. The van der Waals surface area contributed by atoms with Crippen LogP contribution >= 0.6 is 0 Å². The van der Waals surface area contributed by atoms with E-state index in [0.717, 1.165) is 30.8 Å². The highest BCUT2D eigenvalue weighted by atomic mass is 16.4. The maximum atomic E-state index is 10.8. The maximum Gasteiger partial charge on any atom is 0.356 e. The highest BCUT2D eigenvalue weighted by molar-refractivity contribution is 5.87. The first-order valence-corrected chi connectivity index (χ1v) is 4.74. The van der Waals surface area contributed by atoms with E-state index in [1.54, 1.807) is 0 Å². The van der Waals surface area contributed by atoms with Gasteiger partial charge in [-0.3, -0.25) is 10.00 Å². The summed E-state index contributed by atoms with van der Waals surface area (Å²) in [6, 6.07) is 0. The highest BCUT2D eigenvalue weighted by Crippen LogP contribution is 2.23. The lowest BCUT2D eigenvalue weighted by Gasteiger charge is -2.12. The zero-order valence-corrected chi connectivity index (χ0v) is 8.08. The topological polar surface area (TPSA) is 69.2 Å². The van der Waals surface area contributed by atoms with Gasteiger partial charge in [-0.15, -0.1) is 0 Å². The van der Waals surface area contributed by atoms with E-state index in [1.165, 1.54) is 0 Å². The van der Waals surface area contributed by atoms with Crippen molar-refractivity contribution in [2.45, 2.75) is 26.4 Å². The van der Waals surface area contributed by atoms with Gasteiger partial charge in [0, 0.05) is 18.7 Å². The number of carboxylic acid groups (broad SMARTS) is 1. The number of nitrogens with zero attached hydrogens (tertiary/aromatic N) is 2. The van der Waals surface area contributed by atoms with Crippen LogP contribution in [0.4, 0.5) is 0 Å². The molecule has 0 saturated carbocycles. The molecule has 0 atom stereocenters. The molecule has 0 saturated heterocycles. The van der Waals surface area contributed by atoms with Crippen molar-refractivity contribution in [2.24, 2.45) is 0 Å². The number of aromatic nitrogens is 2. The zero-order chi connectivity index (χ0) is 10.1. The molecule has 14 heavy (non-hydrogen) atoms. The number of nitrogens with one attached hydrogen (secondary N) is 1. The van der Waals surface area contributed by atoms with Crippen molar-refractivity contribution >= 4 is 5.97 Å². The SMILES string of the molecule is CCCN1Cc2[nH]nc(C(=O)O)c2C1. The summed E-state index contributed by atoms with van der Waals surface area (Å²) in [5.41, 5.74) is 1.99. The number of hydrogen-bond acceptors (Lipinski definition) is 3. The van der Waals surface area contributed by atoms with E-state index in [1.807, 2.05) is 0 Å². The molecule has 1 aliphatic rings. The molecule has 1 aliphatic heterocycles. The number of rotatable bonds is 3. The minimum atomic E-state index is -0.944. The van der Waals surface area contributed by atoms with Gasteiger partial charge >= 0.3 is 5.97 Å². The van der Waals surface area contributed by atoms with E-state index in [-0.39, 0.29) is 5.69 Å². The van der Waals surface area contributed by atoms with Crippen molar-refractivity contribution in [1.29, 1.82) is 0 Å². The predicted octanol–water partition coefficient (Wildman–Crippen LogP) is 0.834. The van der Waals surface area contributed by atoms with E-state index in [2.05, 4.69) is 22.0 Å². The summed E-state index contributed by atoms with van der Waals surface area (Å²) < 4.78 is 0. The predicted molar refractivity (Wildman–Crippen MR) is 50.0 cm³/mol. The third-order valence-electron chi connectivity index (χ3n) is 2.46. The molecule has 5 heteroatoms. The Balaban J connectivity index is 2.19. The number of fused-ring (bicyclic) bond motifs is 1. The number of hydrogen-bond donors (Lipinski definition) is 2. The normalized spacial score (nSPS) is 15.8. The molecular weight excluding hydrogens is 182 g/mol. The first-order chi connectivity index (χ1) is 6.72. The van der Waals surface area contributed by atoms with Crippen LogP contribution in [0.3, 0.4) is 0 Å². The number of carboxylic acids is 1. The van der Waals surface area contributed by atoms with Crippen molar-refractivity contribution in [3.8, 4) is 0 Å². The summed E-state index contributed by atoms with van der Waals surface area (Å²) in [5, 5.41) is 15.4. The summed E-state index contributed by atoms with van der Waals surface area (Å²) in [7, 11) is 0. The Morgan fingerprint density at radius 2 is 2.43 bits per heavy atom. The van der Waals surface area contributed by atoms with Crippen LogP contribution in [0.1, 0.15) is 35.1 Å². The Hall–Kier alpha value is -1.36. The second-order valence-corrected chi connectivity index (χ2v) is 3.55. The minimum Gasteiger partial charge on any atom is -0.476 e. The van der Waals surface area contributed by atoms with Gasteiger partial charge in [-0.1, -0.05) is 6.92 Å². The Labute approximate surface area is 81.7 Å². The Kier molecular flexibility index (Phi) is 2.25. The fourth-order valence-electron chi connectivity index (χ4n) is 1.86. The molecule has 5 nitrogen and oxygen atoms in total. The van der Waals surface area contributed by atoms with Crippen LogP contribution in [0, 0.1) is 0 Å². The summed E-state index contributed by atoms with van der Waals surface area (Å²) in [4.78, 5) is 13.0. The summed E-state index contributed by atoms with van der Waals surface area (Å²) >= 11 is 0. The molecule has 2 N–H and O–H groups in total. The molecule has 2 heterocycles. The number of H-pyrrole nitrogens is 1. The van der Waals surface area contributed by atoms with E-state index in [4.69, 9.17) is 5.11 Å². The van der Waals surface area contributed by atoms with Gasteiger partial charge in [-0.05, 0) is 13.0 Å². The largest absolute Gasteiger partial charge is 0.476 e. The molecule has 0 aliphatic carbocycles. The van der Waals surface area contributed by atoms with Crippen molar-refractivity contribution < 1.29 is 9.90 Å². The zero-order valence-electron chi connectivity index (χ0n) is 8.08. The van der Waals surface area contributed by atoms with Gasteiger partial charge in [0.15, 0.2) is 5.69 Å². The summed E-state index contributed by atoms with van der Waals surface area (Å²) in [5.74, 6) is -0.944. The highest BCUT2D eigenvalue weighted by Gasteiger charge is 2.26. The lowest BCUT2D eigenvalue weighted by Crippen LogP contribution is -2.18. The van der Waals surface area contributed by atoms with Gasteiger partial charge in [0.25, 0.3) is 0 Å². The first kappa shape index (κ1) is 9.21. The van der Waals surface area contributed by atoms with Crippen molar-refractivity contribution in [3.63, 3.8) is 0 Å². The van der Waals surface area contributed by atoms with Gasteiger partial charge in [0.2, 0.25) is 0 Å². The lowest BCUT2D eigenvalue weighted by molar-refractivity contribution is 0.0688. The number of aromatic amines is 1. The summed E-state index contributed by atoms with van der Waals surface area (Å²) in [6.45, 7) is 4.62. The Morgan fingerprint density at radius 1 is 1.64 bits per heavy atom. The van der Waals surface area contributed by atoms with Gasteiger partial charge in [0.1, 0.15) is 0 Å². The van der Waals surface area contributed by atoms with Crippen molar-refractivity contribution in [2.75, 3.05) is 6.54 Å². The van der Waals surface area contributed by atoms with Crippen LogP contribution in [0.25, 0.3) is 0 Å². The van der Waals surface area contributed by atoms with Gasteiger partial charge in [-0.2, -0.15) is 5.10 Å². The average Bonchev–Trinajstić information content (AvgIpc) is 2.62. The van der Waals surface area contributed by atoms with Crippen LogP contribution < -0.4 is 0 Å². The monoisotopic (exact) mass is 195 g/mol. The molecule has 1 aromatic heterocycles. The average molecular weight is 195 g/mol. The van der Waals surface area contributed by atoms with Crippen molar-refractivity contribution in [1.82, 2.24) is 15.1 Å². The third kappa shape index (κ3) is 1.39. The second-order valence-electron chi connectivity index (χ2n) is 3.55. The Bertz CT molecular complexity index is 359. The molecule has 0 spiro atoms. The van der Waals surface area contributed by atoms with Gasteiger partial charge in [0.05, 0.1) is 5.69 Å². The minimum absolute atomic E-state index is 0.179. The molecule has 0 aromatic carbocycles. The molecule has 2 rings (SSSR count). The molecular formula is C9H13N3O2. The molecule has 0 radical (unpaired) electrons. The third-order valence-corrected chi connectivity index (χ3v) is 2.46. The van der Waals surface area contributed by atoms with E-state index >= 15 is 0 Å². The Morgan fingerprint density at radius 3 is 3.07 bits per heavy atom. The second kappa shape index (κ2) is 3.42. The number of carbonyl (C=O) groups is 1. The van der Waals surface area contributed by atoms with Crippen LogP contribution in [-0.4, -0.2) is 32.7 Å². The van der Waals surface area contributed by atoms with Crippen LogP contribution in [0.15, 0.2) is 0 Å². The molecule has 1 aromatic rings. The van der Waals surface area contributed by atoms with Gasteiger partial charge in [-0.25, -0.2) is 4.79 Å². The van der Waals surface area contributed by atoms with Gasteiger partial charge < -0.3 is 5.11 Å². The molecule has 0 amide bonds. The van der Waals surface area contributed by atoms with E-state index in [9.17, 15) is 4.79 Å². The number of aromatic carboxylic acids is 1. The van der Waals surface area contributed by atoms with Crippen LogP contribution in [-0.2, 0) is 13.1 Å². The first-order valence-electron chi connectivity index (χ1n) is 4.74. The standard InChI is InChI=1S/C9H13N3O2/c1-2-3-12-4-6-7(5-12)10-11-8(6)9(13)14/h2-5H2,1H3,(H,10,11)(H,13,14).